The number of nitrogen functional groups attached to an aromatic ring is 1. The fourth-order valence-corrected chi connectivity index (χ4v) is 3.60. The van der Waals surface area contributed by atoms with Crippen molar-refractivity contribution in [3.8, 4) is 0 Å². The van der Waals surface area contributed by atoms with Crippen LogP contribution in [0.1, 0.15) is 13.3 Å². The average Bonchev–Trinajstić information content (AvgIpc) is 2.30. The van der Waals surface area contributed by atoms with Gasteiger partial charge >= 0.3 is 6.18 Å². The van der Waals surface area contributed by atoms with Crippen molar-refractivity contribution in [2.75, 3.05) is 18.8 Å². The third-order valence-electron chi connectivity index (χ3n) is 2.29. The monoisotopic (exact) mass is 375 g/mol. The SMILES string of the molecule is CCCN(CC(F)(F)F)S(=O)(=O)c1cc(Br)cnc1N. The number of halogens is 4. The fraction of sp³-hybridized carbons (Fsp3) is 0.500. The molecule has 0 fully saturated rings. The van der Waals surface area contributed by atoms with Gasteiger partial charge in [-0.2, -0.15) is 17.5 Å². The highest BCUT2D eigenvalue weighted by Crippen LogP contribution is 2.27. The normalized spacial score (nSPS) is 12.9. The highest BCUT2D eigenvalue weighted by atomic mass is 79.9. The molecule has 1 rings (SSSR count). The number of aromatic nitrogens is 1. The third kappa shape index (κ3) is 4.32. The van der Waals surface area contributed by atoms with Crippen LogP contribution in [0.4, 0.5) is 19.0 Å². The Kier molecular flexibility index (Phi) is 5.39. The zero-order valence-corrected chi connectivity index (χ0v) is 12.9. The lowest BCUT2D eigenvalue weighted by molar-refractivity contribution is -0.136. The van der Waals surface area contributed by atoms with Crippen molar-refractivity contribution < 1.29 is 21.6 Å². The highest BCUT2D eigenvalue weighted by molar-refractivity contribution is 9.10. The molecule has 0 radical (unpaired) electrons. The minimum absolute atomic E-state index is 0.247. The second-order valence-electron chi connectivity index (χ2n) is 3.99. The summed E-state index contributed by atoms with van der Waals surface area (Å²) in [7, 11) is -4.35. The molecular formula is C10H13BrF3N3O2S. The molecule has 0 bridgehead atoms. The number of nitrogens with zero attached hydrogens (tertiary/aromatic N) is 2. The van der Waals surface area contributed by atoms with Crippen LogP contribution >= 0.6 is 15.9 Å². The molecule has 10 heteroatoms. The zero-order chi connectivity index (χ0) is 15.6. The first-order valence-corrected chi connectivity index (χ1v) is 7.79. The van der Waals surface area contributed by atoms with Crippen molar-refractivity contribution in [3.63, 3.8) is 0 Å². The van der Waals surface area contributed by atoms with Crippen LogP contribution in [-0.4, -0.2) is 37.0 Å². The molecule has 20 heavy (non-hydrogen) atoms. The van der Waals surface area contributed by atoms with Crippen LogP contribution in [0, 0.1) is 0 Å². The summed E-state index contributed by atoms with van der Waals surface area (Å²) in [6.07, 6.45) is -3.12. The molecule has 1 aromatic rings. The molecule has 0 amide bonds. The summed E-state index contributed by atoms with van der Waals surface area (Å²) >= 11 is 3.02. The average molecular weight is 376 g/mol. The predicted molar refractivity (Wildman–Crippen MR) is 71.5 cm³/mol. The highest BCUT2D eigenvalue weighted by Gasteiger charge is 2.37. The van der Waals surface area contributed by atoms with Crippen molar-refractivity contribution in [1.29, 1.82) is 0 Å². The van der Waals surface area contributed by atoms with E-state index in [9.17, 15) is 21.6 Å². The largest absolute Gasteiger partial charge is 0.402 e. The predicted octanol–water partition coefficient (Wildman–Crippen LogP) is 2.39. The van der Waals surface area contributed by atoms with Gasteiger partial charge in [-0.15, -0.1) is 0 Å². The number of rotatable bonds is 5. The van der Waals surface area contributed by atoms with Gasteiger partial charge in [0.05, 0.1) is 0 Å². The minimum atomic E-state index is -4.63. The molecular weight excluding hydrogens is 363 g/mol. The lowest BCUT2D eigenvalue weighted by atomic mass is 10.5. The number of pyridine rings is 1. The molecule has 114 valence electrons. The van der Waals surface area contributed by atoms with Crippen LogP contribution in [-0.2, 0) is 10.0 Å². The molecule has 0 spiro atoms. The van der Waals surface area contributed by atoms with Gasteiger partial charge in [-0.25, -0.2) is 13.4 Å². The van der Waals surface area contributed by atoms with Gasteiger partial charge < -0.3 is 5.73 Å². The van der Waals surface area contributed by atoms with E-state index in [1.54, 1.807) is 6.92 Å². The Morgan fingerprint density at radius 3 is 2.55 bits per heavy atom. The zero-order valence-electron chi connectivity index (χ0n) is 10.5. The Bertz CT molecular complexity index is 578. The first-order chi connectivity index (χ1) is 9.08. The maximum absolute atomic E-state index is 12.5. The Hall–Kier alpha value is -0.870. The lowest BCUT2D eigenvalue weighted by Crippen LogP contribution is -2.39. The van der Waals surface area contributed by atoms with Crippen LogP contribution in [0.15, 0.2) is 21.6 Å². The smallest absolute Gasteiger partial charge is 0.383 e. The minimum Gasteiger partial charge on any atom is -0.383 e. The Morgan fingerprint density at radius 2 is 2.05 bits per heavy atom. The maximum Gasteiger partial charge on any atom is 0.402 e. The number of hydrogen-bond donors (Lipinski definition) is 1. The molecule has 0 saturated carbocycles. The molecule has 1 heterocycles. The van der Waals surface area contributed by atoms with Gasteiger partial charge in [0, 0.05) is 17.2 Å². The van der Waals surface area contributed by atoms with Crippen LogP contribution in [0.3, 0.4) is 0 Å². The Morgan fingerprint density at radius 1 is 1.45 bits per heavy atom. The number of alkyl halides is 3. The summed E-state index contributed by atoms with van der Waals surface area (Å²) in [6, 6.07) is 1.14. The molecule has 0 saturated heterocycles. The first kappa shape index (κ1) is 17.2. The summed E-state index contributed by atoms with van der Waals surface area (Å²) in [5.41, 5.74) is 5.45. The Balaban J connectivity index is 3.26. The van der Waals surface area contributed by atoms with Gasteiger partial charge in [0.2, 0.25) is 10.0 Å². The standard InChI is InChI=1S/C10H13BrF3N3O2S/c1-2-3-17(6-10(12,13)14)20(18,19)8-4-7(11)5-16-9(8)15/h4-5H,2-3,6H2,1H3,(H2,15,16). The van der Waals surface area contributed by atoms with Gasteiger partial charge in [0.1, 0.15) is 17.3 Å². The van der Waals surface area contributed by atoms with Gasteiger partial charge in [-0.05, 0) is 28.4 Å². The number of sulfonamides is 1. The summed E-state index contributed by atoms with van der Waals surface area (Å²) in [4.78, 5) is 3.19. The molecule has 2 N–H and O–H groups in total. The van der Waals surface area contributed by atoms with E-state index in [1.807, 2.05) is 0 Å². The van der Waals surface area contributed by atoms with E-state index in [4.69, 9.17) is 5.73 Å². The quantitative estimate of drug-likeness (QED) is 0.856. The molecule has 0 unspecified atom stereocenters. The second-order valence-corrected chi connectivity index (χ2v) is 6.81. The van der Waals surface area contributed by atoms with Crippen molar-refractivity contribution in [1.82, 2.24) is 9.29 Å². The molecule has 0 aliphatic rings. The van der Waals surface area contributed by atoms with Crippen LogP contribution < -0.4 is 5.73 Å². The van der Waals surface area contributed by atoms with Gasteiger partial charge in [0.25, 0.3) is 0 Å². The molecule has 0 aliphatic heterocycles. The molecule has 0 aromatic carbocycles. The van der Waals surface area contributed by atoms with E-state index in [2.05, 4.69) is 20.9 Å². The summed E-state index contributed by atoms with van der Waals surface area (Å²) < 4.78 is 62.7. The van der Waals surface area contributed by atoms with E-state index in [-0.39, 0.29) is 18.8 Å². The van der Waals surface area contributed by atoms with Crippen molar-refractivity contribution in [3.05, 3.63) is 16.7 Å². The lowest BCUT2D eigenvalue weighted by Gasteiger charge is -2.23. The molecule has 0 aliphatic carbocycles. The molecule has 5 nitrogen and oxygen atoms in total. The van der Waals surface area contributed by atoms with E-state index in [0.29, 0.717) is 8.78 Å². The Labute approximate surface area is 123 Å². The molecule has 0 atom stereocenters. The number of hydrogen-bond acceptors (Lipinski definition) is 4. The number of nitrogens with two attached hydrogens (primary N) is 1. The second kappa shape index (κ2) is 6.27. The van der Waals surface area contributed by atoms with Crippen LogP contribution in [0.2, 0.25) is 0 Å². The summed E-state index contributed by atoms with van der Waals surface area (Å²) in [5.74, 6) is -0.337. The first-order valence-electron chi connectivity index (χ1n) is 5.56. The van der Waals surface area contributed by atoms with Crippen molar-refractivity contribution >= 4 is 31.8 Å². The third-order valence-corrected chi connectivity index (χ3v) is 4.60. The van der Waals surface area contributed by atoms with E-state index in [1.165, 1.54) is 6.20 Å². The van der Waals surface area contributed by atoms with Crippen LogP contribution in [0.25, 0.3) is 0 Å². The van der Waals surface area contributed by atoms with Gasteiger partial charge in [-0.1, -0.05) is 6.92 Å². The molecule has 1 aromatic heterocycles. The summed E-state index contributed by atoms with van der Waals surface area (Å²) in [6.45, 7) is -0.232. The fourth-order valence-electron chi connectivity index (χ4n) is 1.51. The van der Waals surface area contributed by atoms with Gasteiger partial charge in [-0.3, -0.25) is 0 Å². The number of anilines is 1. The summed E-state index contributed by atoms with van der Waals surface area (Å²) in [5, 5.41) is 0. The van der Waals surface area contributed by atoms with Crippen molar-refractivity contribution in [2.45, 2.75) is 24.4 Å². The van der Waals surface area contributed by atoms with E-state index in [0.717, 1.165) is 6.07 Å². The van der Waals surface area contributed by atoms with E-state index < -0.39 is 27.6 Å². The van der Waals surface area contributed by atoms with Gasteiger partial charge in [0.15, 0.2) is 0 Å². The van der Waals surface area contributed by atoms with E-state index >= 15 is 0 Å². The van der Waals surface area contributed by atoms with Crippen LogP contribution in [0.5, 0.6) is 0 Å². The maximum atomic E-state index is 12.5. The topological polar surface area (TPSA) is 76.3 Å². The van der Waals surface area contributed by atoms with Crippen molar-refractivity contribution in [2.24, 2.45) is 0 Å².